The fraction of sp³-hybridized carbons (Fsp3) is 0.409. The first-order valence-electron chi connectivity index (χ1n) is 9.53. The molecule has 144 valence electrons. The first-order valence-corrected chi connectivity index (χ1v) is 10.8. The van der Waals surface area contributed by atoms with Crippen LogP contribution in [0.15, 0.2) is 59.5 Å². The van der Waals surface area contributed by atoms with Gasteiger partial charge in [-0.2, -0.15) is 0 Å². The lowest BCUT2D eigenvalue weighted by molar-refractivity contribution is -0.123. The van der Waals surface area contributed by atoms with Crippen molar-refractivity contribution in [2.45, 2.75) is 24.3 Å². The highest BCUT2D eigenvalue weighted by Gasteiger charge is 2.20. The summed E-state index contributed by atoms with van der Waals surface area (Å²) in [7, 11) is 0. The third-order valence-corrected chi connectivity index (χ3v) is 5.83. The third kappa shape index (κ3) is 6.29. The van der Waals surface area contributed by atoms with E-state index < -0.39 is 0 Å². The predicted octanol–water partition coefficient (Wildman–Crippen LogP) is 3.82. The zero-order valence-corrected chi connectivity index (χ0v) is 16.7. The van der Waals surface area contributed by atoms with Crippen molar-refractivity contribution in [1.29, 1.82) is 0 Å². The minimum absolute atomic E-state index is 0.0461. The van der Waals surface area contributed by atoms with Crippen LogP contribution >= 0.6 is 11.8 Å². The highest BCUT2D eigenvalue weighted by Crippen LogP contribution is 2.24. The van der Waals surface area contributed by atoms with Gasteiger partial charge in [-0.1, -0.05) is 36.4 Å². The SMILES string of the molecule is CSc1ccccc1CN1CCC(CNC(=O)COc2ccccc2)CC1. The van der Waals surface area contributed by atoms with E-state index in [1.807, 2.05) is 42.1 Å². The van der Waals surface area contributed by atoms with Gasteiger partial charge in [0.05, 0.1) is 0 Å². The lowest BCUT2D eigenvalue weighted by atomic mass is 9.96. The summed E-state index contributed by atoms with van der Waals surface area (Å²) in [4.78, 5) is 15.9. The number of para-hydroxylation sites is 1. The first-order chi connectivity index (χ1) is 13.2. The zero-order chi connectivity index (χ0) is 18.9. The largest absolute Gasteiger partial charge is 0.484 e. The molecule has 5 heteroatoms. The molecule has 1 amide bonds. The van der Waals surface area contributed by atoms with E-state index in [0.717, 1.165) is 44.8 Å². The van der Waals surface area contributed by atoms with Crippen LogP contribution in [0.3, 0.4) is 0 Å². The van der Waals surface area contributed by atoms with Gasteiger partial charge < -0.3 is 10.1 Å². The molecule has 4 nitrogen and oxygen atoms in total. The molecule has 0 saturated carbocycles. The Morgan fingerprint density at radius 2 is 1.81 bits per heavy atom. The maximum atomic E-state index is 12.0. The zero-order valence-electron chi connectivity index (χ0n) is 15.9. The number of likely N-dealkylation sites (tertiary alicyclic amines) is 1. The van der Waals surface area contributed by atoms with Crippen LogP contribution in [0, 0.1) is 5.92 Å². The molecule has 1 heterocycles. The third-order valence-electron chi connectivity index (χ3n) is 4.99. The van der Waals surface area contributed by atoms with Crippen molar-refractivity contribution in [1.82, 2.24) is 10.2 Å². The Morgan fingerprint density at radius 3 is 2.56 bits per heavy atom. The quantitative estimate of drug-likeness (QED) is 0.703. The number of carbonyl (C=O) groups is 1. The summed E-state index contributed by atoms with van der Waals surface area (Å²) in [6.45, 7) is 4.01. The van der Waals surface area contributed by atoms with Gasteiger partial charge in [-0.15, -0.1) is 11.8 Å². The molecule has 1 fully saturated rings. The number of benzene rings is 2. The first kappa shape index (κ1) is 19.8. The van der Waals surface area contributed by atoms with Crippen LogP contribution in [-0.4, -0.2) is 43.3 Å². The Hall–Kier alpha value is -1.98. The molecule has 1 N–H and O–H groups in total. The number of carbonyl (C=O) groups excluding carboxylic acids is 1. The summed E-state index contributed by atoms with van der Waals surface area (Å²) in [5.74, 6) is 1.24. The van der Waals surface area contributed by atoms with Crippen molar-refractivity contribution in [2.24, 2.45) is 5.92 Å². The van der Waals surface area contributed by atoms with Gasteiger partial charge in [-0.05, 0) is 61.9 Å². The Kier molecular flexibility index (Phi) is 7.60. The Morgan fingerprint density at radius 1 is 1.11 bits per heavy atom. The van der Waals surface area contributed by atoms with E-state index in [1.165, 1.54) is 10.5 Å². The van der Waals surface area contributed by atoms with E-state index >= 15 is 0 Å². The molecule has 3 rings (SSSR count). The normalized spacial score (nSPS) is 15.4. The van der Waals surface area contributed by atoms with Crippen molar-refractivity contribution in [3.05, 3.63) is 60.2 Å². The molecular weight excluding hydrogens is 356 g/mol. The van der Waals surface area contributed by atoms with Crippen molar-refractivity contribution in [2.75, 3.05) is 32.5 Å². The number of nitrogens with zero attached hydrogens (tertiary/aromatic N) is 1. The lowest BCUT2D eigenvalue weighted by Crippen LogP contribution is -2.39. The Labute approximate surface area is 166 Å². The molecule has 0 bridgehead atoms. The average Bonchev–Trinajstić information content (AvgIpc) is 2.73. The summed E-state index contributed by atoms with van der Waals surface area (Å²) in [5.41, 5.74) is 1.41. The standard InChI is InChI=1S/C22H28N2O2S/c1-27-21-10-6-5-7-19(21)16-24-13-11-18(12-14-24)15-23-22(25)17-26-20-8-3-2-4-9-20/h2-10,18H,11-17H2,1H3,(H,23,25). The molecule has 0 spiro atoms. The molecule has 0 radical (unpaired) electrons. The molecule has 0 aromatic heterocycles. The molecule has 1 aliphatic heterocycles. The minimum Gasteiger partial charge on any atom is -0.484 e. The second-order valence-corrected chi connectivity index (χ2v) is 7.79. The number of piperidine rings is 1. The van der Waals surface area contributed by atoms with E-state index in [-0.39, 0.29) is 12.5 Å². The smallest absolute Gasteiger partial charge is 0.257 e. The molecule has 1 aliphatic rings. The van der Waals surface area contributed by atoms with E-state index in [4.69, 9.17) is 4.74 Å². The number of ether oxygens (including phenoxy) is 1. The Balaban J connectivity index is 1.35. The number of amides is 1. The topological polar surface area (TPSA) is 41.6 Å². The fourth-order valence-corrected chi connectivity index (χ4v) is 4.01. The lowest BCUT2D eigenvalue weighted by Gasteiger charge is -2.32. The van der Waals surface area contributed by atoms with Crippen LogP contribution in [0.2, 0.25) is 0 Å². The number of hydrogen-bond donors (Lipinski definition) is 1. The predicted molar refractivity (Wildman–Crippen MR) is 111 cm³/mol. The van der Waals surface area contributed by atoms with Crippen molar-refractivity contribution < 1.29 is 9.53 Å². The maximum Gasteiger partial charge on any atom is 0.257 e. The van der Waals surface area contributed by atoms with Crippen LogP contribution in [-0.2, 0) is 11.3 Å². The van der Waals surface area contributed by atoms with Crippen molar-refractivity contribution in [3.8, 4) is 5.75 Å². The number of thioether (sulfide) groups is 1. The van der Waals surface area contributed by atoms with E-state index in [9.17, 15) is 4.79 Å². The summed E-state index contributed by atoms with van der Waals surface area (Å²) in [6, 6.07) is 18.1. The maximum absolute atomic E-state index is 12.0. The molecule has 27 heavy (non-hydrogen) atoms. The molecule has 0 atom stereocenters. The summed E-state index contributed by atoms with van der Waals surface area (Å²) in [6.07, 6.45) is 4.39. The van der Waals surface area contributed by atoms with E-state index in [0.29, 0.717) is 5.92 Å². The second-order valence-electron chi connectivity index (χ2n) is 6.94. The summed E-state index contributed by atoms with van der Waals surface area (Å²) in [5, 5.41) is 3.02. The van der Waals surface area contributed by atoms with E-state index in [2.05, 4.69) is 40.7 Å². The Bertz CT molecular complexity index is 715. The summed E-state index contributed by atoms with van der Waals surface area (Å²) < 4.78 is 5.49. The van der Waals surface area contributed by atoms with Crippen LogP contribution < -0.4 is 10.1 Å². The number of rotatable bonds is 8. The molecule has 2 aromatic rings. The van der Waals surface area contributed by atoms with Crippen LogP contribution in [0.1, 0.15) is 18.4 Å². The molecule has 2 aromatic carbocycles. The van der Waals surface area contributed by atoms with Crippen LogP contribution in [0.4, 0.5) is 0 Å². The van der Waals surface area contributed by atoms with Crippen molar-refractivity contribution in [3.63, 3.8) is 0 Å². The van der Waals surface area contributed by atoms with E-state index in [1.54, 1.807) is 0 Å². The molecule has 1 saturated heterocycles. The van der Waals surface area contributed by atoms with Gasteiger partial charge >= 0.3 is 0 Å². The van der Waals surface area contributed by atoms with Gasteiger partial charge in [0.25, 0.3) is 5.91 Å². The van der Waals surface area contributed by atoms with Gasteiger partial charge in [-0.3, -0.25) is 9.69 Å². The number of hydrogen-bond acceptors (Lipinski definition) is 4. The van der Waals surface area contributed by atoms with Gasteiger partial charge in [0.2, 0.25) is 0 Å². The van der Waals surface area contributed by atoms with Crippen LogP contribution in [0.5, 0.6) is 5.75 Å². The van der Waals surface area contributed by atoms with Crippen LogP contribution in [0.25, 0.3) is 0 Å². The fourth-order valence-electron chi connectivity index (χ4n) is 3.40. The summed E-state index contributed by atoms with van der Waals surface area (Å²) >= 11 is 1.81. The number of nitrogens with one attached hydrogen (secondary N) is 1. The molecule has 0 unspecified atom stereocenters. The minimum atomic E-state index is -0.0461. The molecule has 0 aliphatic carbocycles. The van der Waals surface area contributed by atoms with Gasteiger partial charge in [-0.25, -0.2) is 0 Å². The molecular formula is C22H28N2O2S. The monoisotopic (exact) mass is 384 g/mol. The highest BCUT2D eigenvalue weighted by molar-refractivity contribution is 7.98. The van der Waals surface area contributed by atoms with Gasteiger partial charge in [0.1, 0.15) is 5.75 Å². The highest BCUT2D eigenvalue weighted by atomic mass is 32.2. The van der Waals surface area contributed by atoms with Gasteiger partial charge in [0.15, 0.2) is 6.61 Å². The average molecular weight is 385 g/mol. The second kappa shape index (κ2) is 10.4. The van der Waals surface area contributed by atoms with Crippen molar-refractivity contribution >= 4 is 17.7 Å². The van der Waals surface area contributed by atoms with Gasteiger partial charge in [0, 0.05) is 18.0 Å².